The van der Waals surface area contributed by atoms with Gasteiger partial charge in [-0.2, -0.15) is 0 Å². The largest absolute Gasteiger partial charge is 0.481 e. The molecule has 2 atom stereocenters. The summed E-state index contributed by atoms with van der Waals surface area (Å²) in [4.78, 5) is 33.1. The summed E-state index contributed by atoms with van der Waals surface area (Å²) in [5, 5.41) is 9.06. The van der Waals surface area contributed by atoms with E-state index in [4.69, 9.17) is 5.11 Å². The minimum absolute atomic E-state index is 0.0752. The van der Waals surface area contributed by atoms with E-state index in [1.165, 1.54) is 12.1 Å². The fourth-order valence-electron chi connectivity index (χ4n) is 8.99. The van der Waals surface area contributed by atoms with Gasteiger partial charge in [0.15, 0.2) is 0 Å². The van der Waals surface area contributed by atoms with Crippen molar-refractivity contribution in [2.45, 2.75) is 100 Å². The minimum Gasteiger partial charge on any atom is -0.481 e. The first kappa shape index (κ1) is 35.9. The number of hydrogen-bond donors (Lipinski definition) is 1. The second kappa shape index (κ2) is 14.2. The Morgan fingerprint density at radius 3 is 1.58 bits per heavy atom. The molecule has 2 unspecified atom stereocenters. The highest BCUT2D eigenvalue weighted by molar-refractivity contribution is 5.78. The van der Waals surface area contributed by atoms with Gasteiger partial charge in [-0.25, -0.2) is 27.5 Å². The number of halogens is 4. The first-order chi connectivity index (χ1) is 24.9. The van der Waals surface area contributed by atoms with Crippen LogP contribution in [-0.4, -0.2) is 66.4 Å². The van der Waals surface area contributed by atoms with Crippen LogP contribution in [-0.2, 0) is 9.59 Å². The predicted molar refractivity (Wildman–Crippen MR) is 188 cm³/mol. The number of amides is 1. The molecule has 2 saturated carbocycles. The quantitative estimate of drug-likeness (QED) is 0.184. The van der Waals surface area contributed by atoms with E-state index < -0.39 is 23.2 Å². The van der Waals surface area contributed by atoms with Gasteiger partial charge in [0.05, 0.1) is 54.4 Å². The Labute approximate surface area is 300 Å². The van der Waals surface area contributed by atoms with Crippen LogP contribution in [0, 0.1) is 23.5 Å². The number of imidazole rings is 2. The van der Waals surface area contributed by atoms with Crippen LogP contribution in [0.25, 0.3) is 22.5 Å². The van der Waals surface area contributed by atoms with Crippen molar-refractivity contribution in [2.24, 2.45) is 11.8 Å². The Bertz CT molecular complexity index is 1940. The number of fused-ring (bicyclic) bond motifs is 6. The third-order valence-corrected chi connectivity index (χ3v) is 12.0. The average Bonchev–Trinajstić information content (AvgIpc) is 3.91. The SMILES string of the molecule is CN(C)C(=O)C1CCC(F)(CCC2c3c(F)cccc3-c3cncn32)CC1.O=C(O)C1CCC(F)(CCC2c3c(F)cccc3-c3cncn32)CC1. The molecule has 2 aliphatic carbocycles. The molecule has 4 aliphatic rings. The molecule has 12 heteroatoms. The Hall–Kier alpha value is -4.48. The highest BCUT2D eigenvalue weighted by Crippen LogP contribution is 2.48. The molecule has 0 bridgehead atoms. The van der Waals surface area contributed by atoms with Crippen molar-refractivity contribution >= 4 is 11.9 Å². The summed E-state index contributed by atoms with van der Waals surface area (Å²) in [6.45, 7) is 0. The van der Waals surface area contributed by atoms with Crippen molar-refractivity contribution < 1.29 is 32.3 Å². The standard InChI is InChI=1S/C21H25F2N3O.C19H20F2N2O2/c1-25(2)20(27)14-6-9-21(23,10-7-14)11-8-17-19-15(4-3-5-16(19)22)18-12-24-13-26(17)18;20-14-3-1-2-13-16-10-22-11-23(16)15(17(13)14)6-9-19(21)7-4-12(5-8-19)18(24)25/h3-5,12-14,17H,6-11H2,1-2H3;1-3,10-12,15H,4-9H2,(H,24,25). The number of aromatic nitrogens is 4. The first-order valence-electron chi connectivity index (χ1n) is 18.3. The molecule has 2 aliphatic heterocycles. The molecule has 0 radical (unpaired) electrons. The van der Waals surface area contributed by atoms with E-state index in [-0.39, 0.29) is 48.4 Å². The van der Waals surface area contributed by atoms with Crippen LogP contribution in [0.4, 0.5) is 17.6 Å². The lowest BCUT2D eigenvalue weighted by Gasteiger charge is -2.35. The van der Waals surface area contributed by atoms with E-state index in [0.717, 1.165) is 22.5 Å². The zero-order chi connectivity index (χ0) is 36.8. The number of carboxylic acid groups (broad SMARTS) is 1. The number of rotatable bonds is 8. The maximum absolute atomic E-state index is 15.4. The predicted octanol–water partition coefficient (Wildman–Crippen LogP) is 8.71. The molecule has 8 rings (SSSR count). The molecule has 2 fully saturated rings. The number of hydrogen-bond acceptors (Lipinski definition) is 4. The molecule has 276 valence electrons. The Morgan fingerprint density at radius 2 is 1.17 bits per heavy atom. The minimum atomic E-state index is -1.36. The van der Waals surface area contributed by atoms with E-state index >= 15 is 8.78 Å². The second-order valence-electron chi connectivity index (χ2n) is 15.3. The van der Waals surface area contributed by atoms with Crippen molar-refractivity contribution in [1.82, 2.24) is 24.0 Å². The van der Waals surface area contributed by atoms with Crippen molar-refractivity contribution in [2.75, 3.05) is 14.1 Å². The molecule has 1 amide bonds. The highest BCUT2D eigenvalue weighted by atomic mass is 19.2. The summed E-state index contributed by atoms with van der Waals surface area (Å²) >= 11 is 0. The molecule has 2 aromatic heterocycles. The molecule has 0 saturated heterocycles. The number of benzene rings is 2. The molecule has 4 heterocycles. The van der Waals surface area contributed by atoms with Crippen molar-refractivity contribution in [3.05, 3.63) is 84.2 Å². The van der Waals surface area contributed by atoms with E-state index in [9.17, 15) is 18.4 Å². The van der Waals surface area contributed by atoms with E-state index in [0.29, 0.717) is 75.3 Å². The molecule has 1 N–H and O–H groups in total. The maximum Gasteiger partial charge on any atom is 0.306 e. The molecule has 4 aromatic rings. The number of alkyl halides is 2. The van der Waals surface area contributed by atoms with Gasteiger partial charge in [0.2, 0.25) is 5.91 Å². The van der Waals surface area contributed by atoms with Gasteiger partial charge in [0.25, 0.3) is 0 Å². The normalized spacial score (nSPS) is 27.1. The molecule has 2 aromatic carbocycles. The second-order valence-corrected chi connectivity index (χ2v) is 15.3. The topological polar surface area (TPSA) is 93.2 Å². The van der Waals surface area contributed by atoms with Crippen LogP contribution >= 0.6 is 0 Å². The zero-order valence-electron chi connectivity index (χ0n) is 29.6. The van der Waals surface area contributed by atoms with Gasteiger partial charge in [-0.3, -0.25) is 9.59 Å². The summed E-state index contributed by atoms with van der Waals surface area (Å²) in [6.07, 6.45) is 11.7. The van der Waals surface area contributed by atoms with Crippen molar-refractivity contribution in [3.8, 4) is 22.5 Å². The molecule has 52 heavy (non-hydrogen) atoms. The fourth-order valence-corrected chi connectivity index (χ4v) is 8.99. The molecule has 8 nitrogen and oxygen atoms in total. The van der Waals surface area contributed by atoms with Crippen LogP contribution in [0.5, 0.6) is 0 Å². The van der Waals surface area contributed by atoms with Crippen LogP contribution in [0.1, 0.15) is 100 Å². The number of nitrogens with zero attached hydrogens (tertiary/aromatic N) is 5. The van der Waals surface area contributed by atoms with Gasteiger partial charge in [-0.05, 0) is 89.2 Å². The lowest BCUT2D eigenvalue weighted by atomic mass is 9.76. The lowest BCUT2D eigenvalue weighted by Crippen LogP contribution is -2.37. The monoisotopic (exact) mass is 719 g/mol. The van der Waals surface area contributed by atoms with Crippen LogP contribution in [0.3, 0.4) is 0 Å². The third kappa shape index (κ3) is 6.76. The molecule has 0 spiro atoms. The number of aliphatic carboxylic acids is 1. The van der Waals surface area contributed by atoms with Crippen molar-refractivity contribution in [3.63, 3.8) is 0 Å². The van der Waals surface area contributed by atoms with Gasteiger partial charge < -0.3 is 19.1 Å². The molecular weight excluding hydrogens is 674 g/mol. The Kier molecular flexibility index (Phi) is 9.77. The lowest BCUT2D eigenvalue weighted by molar-refractivity contribution is -0.144. The first-order valence-corrected chi connectivity index (χ1v) is 18.3. The Morgan fingerprint density at radius 1 is 0.750 bits per heavy atom. The van der Waals surface area contributed by atoms with Gasteiger partial charge >= 0.3 is 5.97 Å². The van der Waals surface area contributed by atoms with E-state index in [1.807, 2.05) is 21.3 Å². The molecular formula is C40H45F4N5O3. The highest BCUT2D eigenvalue weighted by Gasteiger charge is 2.41. The smallest absolute Gasteiger partial charge is 0.306 e. The van der Waals surface area contributed by atoms with E-state index in [1.54, 1.807) is 56.2 Å². The van der Waals surface area contributed by atoms with Crippen LogP contribution in [0.2, 0.25) is 0 Å². The summed E-state index contributed by atoms with van der Waals surface area (Å²) in [5.74, 6) is -1.77. The average molecular weight is 720 g/mol. The number of carbonyl (C=O) groups is 2. The van der Waals surface area contributed by atoms with Gasteiger partial charge in [0.1, 0.15) is 23.0 Å². The number of carbonyl (C=O) groups excluding carboxylic acids is 1. The number of carboxylic acids is 1. The Balaban J connectivity index is 0.000000162. The van der Waals surface area contributed by atoms with Crippen LogP contribution < -0.4 is 0 Å². The van der Waals surface area contributed by atoms with Gasteiger partial charge in [-0.15, -0.1) is 0 Å². The zero-order valence-corrected chi connectivity index (χ0v) is 29.6. The fraction of sp³-hybridized carbons (Fsp3) is 0.500. The summed E-state index contributed by atoms with van der Waals surface area (Å²) in [6, 6.07) is 9.59. The van der Waals surface area contributed by atoms with E-state index in [2.05, 4.69) is 9.97 Å². The third-order valence-electron chi connectivity index (χ3n) is 12.0. The van der Waals surface area contributed by atoms with Gasteiger partial charge in [0, 0.05) is 42.3 Å². The van der Waals surface area contributed by atoms with Crippen LogP contribution in [0.15, 0.2) is 61.4 Å². The summed E-state index contributed by atoms with van der Waals surface area (Å²) in [7, 11) is 3.49. The van der Waals surface area contributed by atoms with Gasteiger partial charge in [-0.1, -0.05) is 24.3 Å². The maximum atomic E-state index is 15.4. The summed E-state index contributed by atoms with van der Waals surface area (Å²) < 4.78 is 63.3. The van der Waals surface area contributed by atoms with Crippen molar-refractivity contribution in [1.29, 1.82) is 0 Å². The summed E-state index contributed by atoms with van der Waals surface area (Å²) in [5.41, 5.74) is 2.05.